The van der Waals surface area contributed by atoms with Crippen molar-refractivity contribution in [1.82, 2.24) is 15.1 Å². The maximum absolute atomic E-state index is 4.81. The molecule has 0 amide bonds. The lowest BCUT2D eigenvalue weighted by atomic mass is 9.92. The number of aryl methyl sites for hydroxylation is 1. The molecule has 3 heteroatoms. The fourth-order valence-corrected chi connectivity index (χ4v) is 3.33. The van der Waals surface area contributed by atoms with E-state index in [1.54, 1.807) is 0 Å². The average molecular weight is 263 g/mol. The molecule has 0 radical (unpaired) electrons. The first-order valence-electron chi connectivity index (χ1n) is 7.90. The van der Waals surface area contributed by atoms with Crippen LogP contribution >= 0.6 is 0 Å². The van der Waals surface area contributed by atoms with Crippen LogP contribution in [0.1, 0.15) is 68.4 Å². The number of hydrogen-bond acceptors (Lipinski definition) is 2. The molecule has 19 heavy (non-hydrogen) atoms. The summed E-state index contributed by atoms with van der Waals surface area (Å²) in [6, 6.07) is 1.12. The Morgan fingerprint density at radius 3 is 2.37 bits per heavy atom. The molecule has 1 fully saturated rings. The molecule has 1 heterocycles. The zero-order valence-corrected chi connectivity index (χ0v) is 13.0. The molecule has 2 rings (SSSR count). The van der Waals surface area contributed by atoms with Gasteiger partial charge in [-0.15, -0.1) is 0 Å². The summed E-state index contributed by atoms with van der Waals surface area (Å²) in [5.41, 5.74) is 3.90. The van der Waals surface area contributed by atoms with Crippen molar-refractivity contribution >= 4 is 0 Å². The average Bonchev–Trinajstić information content (AvgIpc) is 2.61. The molecule has 2 atom stereocenters. The molecule has 0 aromatic carbocycles. The third-order valence-corrected chi connectivity index (χ3v) is 4.70. The van der Waals surface area contributed by atoms with Gasteiger partial charge in [0.05, 0.1) is 11.7 Å². The normalized spacial score (nSPS) is 25.1. The summed E-state index contributed by atoms with van der Waals surface area (Å²) < 4.78 is 2.31. The summed E-state index contributed by atoms with van der Waals surface area (Å²) in [5.74, 6) is 0. The van der Waals surface area contributed by atoms with Crippen molar-refractivity contribution in [3.8, 4) is 0 Å². The Bertz CT molecular complexity index is 408. The Labute approximate surface area is 117 Å². The van der Waals surface area contributed by atoms with Crippen molar-refractivity contribution in [1.29, 1.82) is 0 Å². The number of hydrogen-bond donors (Lipinski definition) is 1. The van der Waals surface area contributed by atoms with Gasteiger partial charge in [0.1, 0.15) is 0 Å². The van der Waals surface area contributed by atoms with Crippen LogP contribution in [0.25, 0.3) is 0 Å². The van der Waals surface area contributed by atoms with Gasteiger partial charge in [-0.2, -0.15) is 5.10 Å². The number of nitrogens with zero attached hydrogens (tertiary/aromatic N) is 2. The lowest BCUT2D eigenvalue weighted by Gasteiger charge is -2.31. The van der Waals surface area contributed by atoms with Crippen molar-refractivity contribution in [3.63, 3.8) is 0 Å². The van der Waals surface area contributed by atoms with E-state index in [1.165, 1.54) is 55.5 Å². The molecule has 1 N–H and O–H groups in total. The smallest absolute Gasteiger partial charge is 0.0675 e. The van der Waals surface area contributed by atoms with Crippen LogP contribution in [-0.4, -0.2) is 22.4 Å². The van der Waals surface area contributed by atoms with E-state index < -0.39 is 0 Å². The molecule has 0 spiro atoms. The van der Waals surface area contributed by atoms with E-state index in [-0.39, 0.29) is 0 Å². The third-order valence-electron chi connectivity index (χ3n) is 4.70. The Balaban J connectivity index is 2.27. The summed E-state index contributed by atoms with van der Waals surface area (Å²) in [4.78, 5) is 0. The van der Waals surface area contributed by atoms with E-state index in [2.05, 4.69) is 37.7 Å². The summed E-state index contributed by atoms with van der Waals surface area (Å²) in [6.07, 6.45) is 8.02. The van der Waals surface area contributed by atoms with Gasteiger partial charge in [0.15, 0.2) is 0 Å². The van der Waals surface area contributed by atoms with Crippen LogP contribution < -0.4 is 5.32 Å². The molecule has 3 nitrogen and oxygen atoms in total. The van der Waals surface area contributed by atoms with Gasteiger partial charge in [-0.05, 0) is 45.7 Å². The van der Waals surface area contributed by atoms with Gasteiger partial charge in [0.25, 0.3) is 0 Å². The van der Waals surface area contributed by atoms with Crippen LogP contribution in [0.15, 0.2) is 0 Å². The minimum absolute atomic E-state index is 0.535. The molecule has 1 saturated carbocycles. The first kappa shape index (κ1) is 14.6. The van der Waals surface area contributed by atoms with Gasteiger partial charge in [-0.25, -0.2) is 0 Å². The topological polar surface area (TPSA) is 29.9 Å². The summed E-state index contributed by atoms with van der Waals surface area (Å²) >= 11 is 0. The second-order valence-electron chi connectivity index (χ2n) is 5.96. The lowest BCUT2D eigenvalue weighted by molar-refractivity contribution is 0.266. The second kappa shape index (κ2) is 6.56. The highest BCUT2D eigenvalue weighted by Crippen LogP contribution is 2.29. The van der Waals surface area contributed by atoms with Crippen LogP contribution in [0.3, 0.4) is 0 Å². The Kier molecular flexibility index (Phi) is 5.03. The number of likely N-dealkylation sites (N-methyl/N-ethyl adjacent to an activating group) is 1. The van der Waals surface area contributed by atoms with Gasteiger partial charge in [-0.1, -0.05) is 32.6 Å². The van der Waals surface area contributed by atoms with E-state index >= 15 is 0 Å². The van der Waals surface area contributed by atoms with Crippen LogP contribution in [0, 0.1) is 20.8 Å². The summed E-state index contributed by atoms with van der Waals surface area (Å²) in [6.45, 7) is 9.81. The molecule has 0 bridgehead atoms. The molecule has 1 aromatic heterocycles. The van der Waals surface area contributed by atoms with Gasteiger partial charge in [-0.3, -0.25) is 4.68 Å². The fraction of sp³-hybridized carbons (Fsp3) is 0.812. The van der Waals surface area contributed by atoms with Gasteiger partial charge in [0.2, 0.25) is 0 Å². The fourth-order valence-electron chi connectivity index (χ4n) is 3.33. The highest BCUT2D eigenvalue weighted by atomic mass is 15.3. The SMILES string of the molecule is CCNC1CCCCCCC1n1nc(C)c(C)c1C. The third kappa shape index (κ3) is 3.19. The van der Waals surface area contributed by atoms with Crippen LogP contribution in [-0.2, 0) is 0 Å². The van der Waals surface area contributed by atoms with E-state index in [0.29, 0.717) is 12.1 Å². The van der Waals surface area contributed by atoms with Crippen molar-refractivity contribution in [2.45, 2.75) is 78.3 Å². The molecule has 2 unspecified atom stereocenters. The lowest BCUT2D eigenvalue weighted by Crippen LogP contribution is -2.39. The molecule has 0 saturated heterocycles. The van der Waals surface area contributed by atoms with Crippen molar-refractivity contribution in [3.05, 3.63) is 17.0 Å². The number of nitrogens with one attached hydrogen (secondary N) is 1. The zero-order chi connectivity index (χ0) is 13.8. The molecular formula is C16H29N3. The molecule has 108 valence electrons. The Morgan fingerprint density at radius 1 is 1.11 bits per heavy atom. The molecular weight excluding hydrogens is 234 g/mol. The maximum Gasteiger partial charge on any atom is 0.0675 e. The standard InChI is InChI=1S/C16H29N3/c1-5-17-15-10-8-6-7-9-11-16(15)19-14(4)12(2)13(3)18-19/h15-17H,5-11H2,1-4H3. The van der Waals surface area contributed by atoms with Crippen LogP contribution in [0.5, 0.6) is 0 Å². The highest BCUT2D eigenvalue weighted by molar-refractivity contribution is 5.23. The van der Waals surface area contributed by atoms with E-state index in [0.717, 1.165) is 6.54 Å². The minimum atomic E-state index is 0.535. The predicted molar refractivity (Wildman–Crippen MR) is 80.6 cm³/mol. The molecule has 1 aliphatic carbocycles. The van der Waals surface area contributed by atoms with E-state index in [9.17, 15) is 0 Å². The molecule has 1 aliphatic rings. The van der Waals surface area contributed by atoms with Crippen LogP contribution in [0.4, 0.5) is 0 Å². The highest BCUT2D eigenvalue weighted by Gasteiger charge is 2.26. The molecule has 1 aromatic rings. The van der Waals surface area contributed by atoms with Crippen LogP contribution in [0.2, 0.25) is 0 Å². The summed E-state index contributed by atoms with van der Waals surface area (Å²) in [5, 5.41) is 8.51. The predicted octanol–water partition coefficient (Wildman–Crippen LogP) is 3.68. The quantitative estimate of drug-likeness (QED) is 0.901. The van der Waals surface area contributed by atoms with Crippen molar-refractivity contribution in [2.24, 2.45) is 0 Å². The zero-order valence-electron chi connectivity index (χ0n) is 13.0. The van der Waals surface area contributed by atoms with E-state index in [1.807, 2.05) is 0 Å². The van der Waals surface area contributed by atoms with Gasteiger partial charge in [0, 0.05) is 11.7 Å². The minimum Gasteiger partial charge on any atom is -0.312 e. The van der Waals surface area contributed by atoms with E-state index in [4.69, 9.17) is 5.10 Å². The Morgan fingerprint density at radius 2 is 1.79 bits per heavy atom. The van der Waals surface area contributed by atoms with Gasteiger partial charge >= 0.3 is 0 Å². The monoisotopic (exact) mass is 263 g/mol. The first-order chi connectivity index (χ1) is 9.15. The molecule has 0 aliphatic heterocycles. The number of aromatic nitrogens is 2. The second-order valence-corrected chi connectivity index (χ2v) is 5.96. The number of rotatable bonds is 3. The summed E-state index contributed by atoms with van der Waals surface area (Å²) in [7, 11) is 0. The van der Waals surface area contributed by atoms with Crippen molar-refractivity contribution < 1.29 is 0 Å². The van der Waals surface area contributed by atoms with Crippen molar-refractivity contribution in [2.75, 3.05) is 6.54 Å². The van der Waals surface area contributed by atoms with Gasteiger partial charge < -0.3 is 5.32 Å². The largest absolute Gasteiger partial charge is 0.312 e. The Hall–Kier alpha value is -0.830. The first-order valence-corrected chi connectivity index (χ1v) is 7.90. The maximum atomic E-state index is 4.81.